The molecule has 1 aliphatic rings. The SMILES string of the molecule is CC(C)=C1Sc2cc(Cl)ccc2N1C. The lowest BCUT2D eigenvalue weighted by atomic mass is 10.3. The van der Waals surface area contributed by atoms with Crippen LogP contribution in [-0.4, -0.2) is 7.05 Å². The molecule has 0 N–H and O–H groups in total. The lowest BCUT2D eigenvalue weighted by molar-refractivity contribution is 1.14. The smallest absolute Gasteiger partial charge is 0.0785 e. The van der Waals surface area contributed by atoms with Gasteiger partial charge in [-0.05, 0) is 37.6 Å². The second-order valence-corrected chi connectivity index (χ2v) is 5.05. The highest BCUT2D eigenvalue weighted by Gasteiger charge is 2.22. The van der Waals surface area contributed by atoms with Crippen LogP contribution in [0.3, 0.4) is 0 Å². The first-order valence-electron chi connectivity index (χ1n) is 4.48. The molecule has 1 aromatic carbocycles. The zero-order valence-corrected chi connectivity index (χ0v) is 10.0. The number of allylic oxidation sites excluding steroid dienone is 1. The minimum Gasteiger partial charge on any atom is -0.338 e. The highest BCUT2D eigenvalue weighted by atomic mass is 35.5. The van der Waals surface area contributed by atoms with E-state index in [1.54, 1.807) is 11.8 Å². The van der Waals surface area contributed by atoms with E-state index in [2.05, 4.69) is 31.9 Å². The molecule has 1 aliphatic heterocycles. The largest absolute Gasteiger partial charge is 0.338 e. The number of hydrogen-bond acceptors (Lipinski definition) is 2. The van der Waals surface area contributed by atoms with Gasteiger partial charge < -0.3 is 4.90 Å². The number of thioether (sulfide) groups is 1. The number of hydrogen-bond donors (Lipinski definition) is 0. The van der Waals surface area contributed by atoms with Gasteiger partial charge in [0.25, 0.3) is 0 Å². The third kappa shape index (κ3) is 1.53. The predicted octanol–water partition coefficient (Wildman–Crippen LogP) is 4.13. The van der Waals surface area contributed by atoms with Crippen molar-refractivity contribution < 1.29 is 0 Å². The lowest BCUT2D eigenvalue weighted by Gasteiger charge is -2.14. The van der Waals surface area contributed by atoms with Crippen molar-refractivity contribution in [2.75, 3.05) is 11.9 Å². The summed E-state index contributed by atoms with van der Waals surface area (Å²) < 4.78 is 0. The van der Waals surface area contributed by atoms with Crippen molar-refractivity contribution in [1.29, 1.82) is 0 Å². The van der Waals surface area contributed by atoms with Crippen LogP contribution in [0.15, 0.2) is 33.7 Å². The van der Waals surface area contributed by atoms with Crippen LogP contribution < -0.4 is 4.90 Å². The molecule has 0 fully saturated rings. The van der Waals surface area contributed by atoms with Crippen LogP contribution in [0.25, 0.3) is 0 Å². The Bertz CT molecular complexity index is 408. The fourth-order valence-electron chi connectivity index (χ4n) is 1.57. The molecule has 0 atom stereocenters. The van der Waals surface area contributed by atoms with Gasteiger partial charge >= 0.3 is 0 Å². The van der Waals surface area contributed by atoms with Crippen LogP contribution in [0, 0.1) is 0 Å². The van der Waals surface area contributed by atoms with E-state index >= 15 is 0 Å². The average molecular weight is 226 g/mol. The molecule has 2 rings (SSSR count). The van der Waals surface area contributed by atoms with E-state index in [0.717, 1.165) is 5.02 Å². The Morgan fingerprint density at radius 3 is 2.71 bits per heavy atom. The minimum atomic E-state index is 0.805. The monoisotopic (exact) mass is 225 g/mol. The molecule has 0 saturated carbocycles. The zero-order valence-electron chi connectivity index (χ0n) is 8.47. The maximum Gasteiger partial charge on any atom is 0.0785 e. The van der Waals surface area contributed by atoms with Gasteiger partial charge in [0.15, 0.2) is 0 Å². The molecule has 0 aromatic heterocycles. The van der Waals surface area contributed by atoms with Crippen molar-refractivity contribution in [1.82, 2.24) is 0 Å². The summed E-state index contributed by atoms with van der Waals surface area (Å²) >= 11 is 7.74. The quantitative estimate of drug-likeness (QED) is 0.653. The Kier molecular flexibility index (Phi) is 2.50. The van der Waals surface area contributed by atoms with E-state index in [-0.39, 0.29) is 0 Å². The van der Waals surface area contributed by atoms with E-state index in [1.807, 2.05) is 12.1 Å². The maximum atomic E-state index is 5.95. The molecule has 14 heavy (non-hydrogen) atoms. The van der Waals surface area contributed by atoms with E-state index in [0.29, 0.717) is 0 Å². The standard InChI is InChI=1S/C11H12ClNS/c1-7(2)11-13(3)9-5-4-8(12)6-10(9)14-11/h4-6H,1-3H3. The minimum absolute atomic E-state index is 0.805. The molecule has 1 heterocycles. The molecule has 1 nitrogen and oxygen atoms in total. The van der Waals surface area contributed by atoms with Gasteiger partial charge in [-0.1, -0.05) is 23.4 Å². The van der Waals surface area contributed by atoms with Crippen LogP contribution in [0.1, 0.15) is 13.8 Å². The Labute approximate surface area is 93.7 Å². The van der Waals surface area contributed by atoms with Crippen molar-refractivity contribution in [3.63, 3.8) is 0 Å². The Morgan fingerprint density at radius 1 is 1.36 bits per heavy atom. The Balaban J connectivity index is 2.51. The fourth-order valence-corrected chi connectivity index (χ4v) is 2.95. The van der Waals surface area contributed by atoms with Gasteiger partial charge in [0.05, 0.1) is 10.7 Å². The molecule has 0 spiro atoms. The molecular weight excluding hydrogens is 214 g/mol. The van der Waals surface area contributed by atoms with Gasteiger partial charge in [0, 0.05) is 17.0 Å². The molecule has 0 amide bonds. The summed E-state index contributed by atoms with van der Waals surface area (Å²) in [6, 6.07) is 6.03. The Hall–Kier alpha value is -0.600. The maximum absolute atomic E-state index is 5.95. The number of fused-ring (bicyclic) bond motifs is 1. The normalized spacial score (nSPS) is 14.6. The first kappa shape index (κ1) is 9.94. The molecule has 74 valence electrons. The first-order chi connectivity index (χ1) is 6.59. The van der Waals surface area contributed by atoms with Crippen molar-refractivity contribution in [2.45, 2.75) is 18.7 Å². The van der Waals surface area contributed by atoms with Crippen LogP contribution >= 0.6 is 23.4 Å². The van der Waals surface area contributed by atoms with Gasteiger partial charge in [-0.25, -0.2) is 0 Å². The summed E-state index contributed by atoms with van der Waals surface area (Å²) in [4.78, 5) is 3.46. The van der Waals surface area contributed by atoms with Crippen LogP contribution in [-0.2, 0) is 0 Å². The summed E-state index contributed by atoms with van der Waals surface area (Å²) in [6.07, 6.45) is 0. The van der Waals surface area contributed by atoms with Crippen molar-refractivity contribution in [3.8, 4) is 0 Å². The second-order valence-electron chi connectivity index (χ2n) is 3.58. The molecule has 0 unspecified atom stereocenters. The number of rotatable bonds is 0. The molecule has 0 saturated heterocycles. The highest BCUT2D eigenvalue weighted by molar-refractivity contribution is 8.03. The first-order valence-corrected chi connectivity index (χ1v) is 5.67. The van der Waals surface area contributed by atoms with Gasteiger partial charge in [-0.15, -0.1) is 0 Å². The summed E-state index contributed by atoms with van der Waals surface area (Å²) in [6.45, 7) is 4.26. The number of benzene rings is 1. The molecule has 1 aromatic rings. The van der Waals surface area contributed by atoms with E-state index in [1.165, 1.54) is 21.2 Å². The number of halogens is 1. The molecule has 0 radical (unpaired) electrons. The van der Waals surface area contributed by atoms with Crippen LogP contribution in [0.5, 0.6) is 0 Å². The van der Waals surface area contributed by atoms with Crippen molar-refractivity contribution in [3.05, 3.63) is 33.8 Å². The second kappa shape index (κ2) is 3.52. The lowest BCUT2D eigenvalue weighted by Crippen LogP contribution is -2.10. The van der Waals surface area contributed by atoms with Crippen molar-refractivity contribution >= 4 is 29.1 Å². The molecule has 0 aliphatic carbocycles. The summed E-state index contributed by atoms with van der Waals surface area (Å²) in [5.41, 5.74) is 2.58. The van der Waals surface area contributed by atoms with E-state index in [4.69, 9.17) is 11.6 Å². The fraction of sp³-hybridized carbons (Fsp3) is 0.273. The predicted molar refractivity (Wildman–Crippen MR) is 64.1 cm³/mol. The topological polar surface area (TPSA) is 3.24 Å². The summed E-state index contributed by atoms with van der Waals surface area (Å²) in [5.74, 6) is 0. The van der Waals surface area contributed by atoms with Gasteiger partial charge in [0.2, 0.25) is 0 Å². The van der Waals surface area contributed by atoms with Gasteiger partial charge in [-0.3, -0.25) is 0 Å². The Morgan fingerprint density at radius 2 is 2.07 bits per heavy atom. The number of anilines is 1. The van der Waals surface area contributed by atoms with Crippen molar-refractivity contribution in [2.24, 2.45) is 0 Å². The zero-order chi connectivity index (χ0) is 10.3. The molecule has 0 bridgehead atoms. The van der Waals surface area contributed by atoms with E-state index < -0.39 is 0 Å². The molecule has 3 heteroatoms. The van der Waals surface area contributed by atoms with Gasteiger partial charge in [0.1, 0.15) is 0 Å². The van der Waals surface area contributed by atoms with Crippen LogP contribution in [0.4, 0.5) is 5.69 Å². The highest BCUT2D eigenvalue weighted by Crippen LogP contribution is 2.46. The third-order valence-corrected chi connectivity index (χ3v) is 3.88. The summed E-state index contributed by atoms with van der Waals surface area (Å²) in [5, 5.41) is 2.11. The third-order valence-electron chi connectivity index (χ3n) is 2.22. The van der Waals surface area contributed by atoms with Crippen LogP contribution in [0.2, 0.25) is 5.02 Å². The number of nitrogens with zero attached hydrogens (tertiary/aromatic N) is 1. The molecular formula is C11H12ClNS. The summed E-state index contributed by atoms with van der Waals surface area (Å²) in [7, 11) is 2.09. The van der Waals surface area contributed by atoms with Gasteiger partial charge in [-0.2, -0.15) is 0 Å². The van der Waals surface area contributed by atoms with E-state index in [9.17, 15) is 0 Å². The average Bonchev–Trinajstić information content (AvgIpc) is 2.43.